The Hall–Kier alpha value is -1.99. The molecular formula is C22H22Cl2N4O2. The van der Waals surface area contributed by atoms with Gasteiger partial charge in [-0.3, -0.25) is 9.88 Å². The first-order valence-corrected chi connectivity index (χ1v) is 11.0. The standard InChI is InChI=1S/C22H22Cl2N4O2/c23-17-3-1-14(11-18(17)24)16-12-15-2-4-19(28(15)9-10-29)20(16)22-26-21(27-30-22)13-5-7-25-8-6-13/h1,3,5-8,11,15-16,19-20,29H,2,4,9-10,12H2/t15?,16-,19-,20-/m1/s1. The van der Waals surface area contributed by atoms with Gasteiger partial charge in [-0.05, 0) is 55.0 Å². The van der Waals surface area contributed by atoms with Gasteiger partial charge in [0.2, 0.25) is 11.7 Å². The highest BCUT2D eigenvalue weighted by atomic mass is 35.5. The number of aliphatic hydroxyl groups is 1. The van der Waals surface area contributed by atoms with Crippen LogP contribution in [0, 0.1) is 0 Å². The minimum Gasteiger partial charge on any atom is -0.395 e. The molecule has 4 atom stereocenters. The maximum Gasteiger partial charge on any atom is 0.232 e. The summed E-state index contributed by atoms with van der Waals surface area (Å²) in [6, 6.07) is 10.3. The number of rotatable bonds is 5. The van der Waals surface area contributed by atoms with Crippen LogP contribution in [0.3, 0.4) is 0 Å². The lowest BCUT2D eigenvalue weighted by atomic mass is 9.76. The second kappa shape index (κ2) is 8.27. The molecule has 4 heterocycles. The van der Waals surface area contributed by atoms with Gasteiger partial charge in [0.05, 0.1) is 22.6 Å². The van der Waals surface area contributed by atoms with Crippen molar-refractivity contribution >= 4 is 23.2 Å². The van der Waals surface area contributed by atoms with Crippen molar-refractivity contribution in [2.24, 2.45) is 0 Å². The minimum atomic E-state index is 0.0237. The van der Waals surface area contributed by atoms with Gasteiger partial charge in [-0.25, -0.2) is 0 Å². The number of aliphatic hydroxyl groups excluding tert-OH is 1. The molecule has 1 aromatic carbocycles. The molecule has 8 heteroatoms. The Morgan fingerprint density at radius 2 is 1.93 bits per heavy atom. The molecule has 5 rings (SSSR count). The number of pyridine rings is 1. The molecule has 156 valence electrons. The molecule has 2 aliphatic heterocycles. The van der Waals surface area contributed by atoms with Crippen molar-refractivity contribution in [2.45, 2.75) is 43.2 Å². The fraction of sp³-hybridized carbons (Fsp3) is 0.409. The van der Waals surface area contributed by atoms with Crippen LogP contribution in [0.1, 0.15) is 42.6 Å². The Morgan fingerprint density at radius 3 is 2.70 bits per heavy atom. The van der Waals surface area contributed by atoms with Crippen LogP contribution in [0.25, 0.3) is 11.4 Å². The molecule has 2 saturated heterocycles. The lowest BCUT2D eigenvalue weighted by Crippen LogP contribution is -2.48. The van der Waals surface area contributed by atoms with E-state index in [-0.39, 0.29) is 24.5 Å². The predicted molar refractivity (Wildman–Crippen MR) is 115 cm³/mol. The Labute approximate surface area is 184 Å². The quantitative estimate of drug-likeness (QED) is 0.622. The van der Waals surface area contributed by atoms with Gasteiger partial charge in [-0.1, -0.05) is 34.4 Å². The molecule has 30 heavy (non-hydrogen) atoms. The van der Waals surface area contributed by atoms with Crippen molar-refractivity contribution < 1.29 is 9.63 Å². The van der Waals surface area contributed by atoms with Gasteiger partial charge in [-0.15, -0.1) is 0 Å². The number of halogens is 2. The lowest BCUT2D eigenvalue weighted by molar-refractivity contribution is 0.0732. The normalized spacial score (nSPS) is 26.2. The number of nitrogens with zero attached hydrogens (tertiary/aromatic N) is 4. The van der Waals surface area contributed by atoms with Gasteiger partial charge >= 0.3 is 0 Å². The maximum absolute atomic E-state index is 9.61. The molecule has 2 aromatic heterocycles. The first-order chi connectivity index (χ1) is 14.7. The van der Waals surface area contributed by atoms with Gasteiger partial charge in [0.15, 0.2) is 0 Å². The van der Waals surface area contributed by atoms with Crippen LogP contribution in [-0.2, 0) is 0 Å². The molecule has 0 amide bonds. The molecule has 2 fully saturated rings. The summed E-state index contributed by atoms with van der Waals surface area (Å²) >= 11 is 12.5. The highest BCUT2D eigenvalue weighted by Gasteiger charge is 2.50. The number of hydrogen-bond acceptors (Lipinski definition) is 6. The summed E-state index contributed by atoms with van der Waals surface area (Å²) in [5.41, 5.74) is 2.01. The van der Waals surface area contributed by atoms with Crippen molar-refractivity contribution in [3.63, 3.8) is 0 Å². The zero-order valence-electron chi connectivity index (χ0n) is 16.3. The summed E-state index contributed by atoms with van der Waals surface area (Å²) in [6.07, 6.45) is 6.53. The van der Waals surface area contributed by atoms with Crippen LogP contribution < -0.4 is 0 Å². The van der Waals surface area contributed by atoms with Crippen LogP contribution in [-0.4, -0.2) is 50.4 Å². The van der Waals surface area contributed by atoms with E-state index in [0.29, 0.717) is 34.3 Å². The van der Waals surface area contributed by atoms with E-state index in [0.717, 1.165) is 30.4 Å². The van der Waals surface area contributed by atoms with Crippen LogP contribution in [0.5, 0.6) is 0 Å². The van der Waals surface area contributed by atoms with E-state index in [4.69, 9.17) is 32.7 Å². The monoisotopic (exact) mass is 444 g/mol. The van der Waals surface area contributed by atoms with E-state index < -0.39 is 0 Å². The van der Waals surface area contributed by atoms with E-state index in [1.165, 1.54) is 0 Å². The number of fused-ring (bicyclic) bond motifs is 2. The van der Waals surface area contributed by atoms with E-state index in [2.05, 4.69) is 15.0 Å². The van der Waals surface area contributed by atoms with Crippen molar-refractivity contribution in [3.05, 3.63) is 64.2 Å². The Kier molecular flexibility index (Phi) is 5.50. The second-order valence-electron chi connectivity index (χ2n) is 7.99. The second-order valence-corrected chi connectivity index (χ2v) is 8.81. The number of aromatic nitrogens is 3. The summed E-state index contributed by atoms with van der Waals surface area (Å²) in [5.74, 6) is 1.41. The summed E-state index contributed by atoms with van der Waals surface area (Å²) in [6.45, 7) is 0.800. The molecule has 0 aliphatic carbocycles. The van der Waals surface area contributed by atoms with Gasteiger partial charge in [0.25, 0.3) is 0 Å². The number of benzene rings is 1. The van der Waals surface area contributed by atoms with Crippen LogP contribution >= 0.6 is 23.2 Å². The summed E-state index contributed by atoms with van der Waals surface area (Å²) < 4.78 is 5.81. The lowest BCUT2D eigenvalue weighted by Gasteiger charge is -2.43. The topological polar surface area (TPSA) is 75.3 Å². The molecule has 0 saturated carbocycles. The molecule has 2 aliphatic rings. The summed E-state index contributed by atoms with van der Waals surface area (Å²) in [4.78, 5) is 11.2. The molecule has 6 nitrogen and oxygen atoms in total. The molecule has 3 aromatic rings. The smallest absolute Gasteiger partial charge is 0.232 e. The Bertz CT molecular complexity index is 1030. The first kappa shape index (κ1) is 19.9. The van der Waals surface area contributed by atoms with Crippen molar-refractivity contribution in [1.29, 1.82) is 0 Å². The van der Waals surface area contributed by atoms with Gasteiger partial charge in [-0.2, -0.15) is 4.98 Å². The van der Waals surface area contributed by atoms with Gasteiger partial charge < -0.3 is 9.63 Å². The number of piperidine rings is 1. The van der Waals surface area contributed by atoms with Crippen LogP contribution in [0.4, 0.5) is 0 Å². The highest BCUT2D eigenvalue weighted by molar-refractivity contribution is 6.42. The average molecular weight is 445 g/mol. The summed E-state index contributed by atoms with van der Waals surface area (Å²) in [7, 11) is 0. The predicted octanol–water partition coefficient (Wildman–Crippen LogP) is 4.53. The van der Waals surface area contributed by atoms with E-state index in [1.54, 1.807) is 12.4 Å². The van der Waals surface area contributed by atoms with Gasteiger partial charge in [0.1, 0.15) is 0 Å². The molecular weight excluding hydrogens is 423 g/mol. The van der Waals surface area contributed by atoms with Crippen molar-refractivity contribution in [3.8, 4) is 11.4 Å². The van der Waals surface area contributed by atoms with Crippen molar-refractivity contribution in [2.75, 3.05) is 13.2 Å². The van der Waals surface area contributed by atoms with Crippen LogP contribution in [0.15, 0.2) is 47.2 Å². The molecule has 1 unspecified atom stereocenters. The average Bonchev–Trinajstić information content (AvgIpc) is 3.35. The SMILES string of the molecule is OCCN1C2CC[C@@H]1[C@H](c1nc(-c3ccncc3)no1)[C@@H](c1ccc(Cl)c(Cl)c1)C2. The third kappa shape index (κ3) is 3.52. The Balaban J connectivity index is 1.55. The van der Waals surface area contributed by atoms with E-state index in [1.807, 2.05) is 30.3 Å². The van der Waals surface area contributed by atoms with Crippen LogP contribution in [0.2, 0.25) is 10.0 Å². The molecule has 2 bridgehead atoms. The molecule has 0 radical (unpaired) electrons. The van der Waals surface area contributed by atoms with Gasteiger partial charge in [0, 0.05) is 36.6 Å². The highest BCUT2D eigenvalue weighted by Crippen LogP contribution is 2.51. The Morgan fingerprint density at radius 1 is 1.10 bits per heavy atom. The zero-order chi connectivity index (χ0) is 20.7. The first-order valence-electron chi connectivity index (χ1n) is 10.2. The fourth-order valence-electron chi connectivity index (χ4n) is 5.19. The largest absolute Gasteiger partial charge is 0.395 e. The summed E-state index contributed by atoms with van der Waals surface area (Å²) in [5, 5.41) is 15.0. The van der Waals surface area contributed by atoms with E-state index in [9.17, 15) is 5.11 Å². The third-order valence-corrected chi connectivity index (χ3v) is 7.20. The molecule has 1 N–H and O–H groups in total. The minimum absolute atomic E-state index is 0.0237. The zero-order valence-corrected chi connectivity index (χ0v) is 17.8. The number of hydrogen-bond donors (Lipinski definition) is 1. The maximum atomic E-state index is 9.61. The fourth-order valence-corrected chi connectivity index (χ4v) is 5.49. The molecule has 0 spiro atoms. The van der Waals surface area contributed by atoms with E-state index >= 15 is 0 Å². The van der Waals surface area contributed by atoms with Crippen molar-refractivity contribution in [1.82, 2.24) is 20.0 Å². The third-order valence-electron chi connectivity index (χ3n) is 6.46.